The van der Waals surface area contributed by atoms with Gasteiger partial charge >= 0.3 is 0 Å². The summed E-state index contributed by atoms with van der Waals surface area (Å²) in [5, 5.41) is 12.1. The fraction of sp³-hybridized carbons (Fsp3) is 0.200. The number of carbonyl (C=O) groups is 2. The number of rotatable bonds is 7. The Hall–Kier alpha value is -2.87. The number of hydrogen-bond donors (Lipinski definition) is 1. The lowest BCUT2D eigenvalue weighted by atomic mass is 9.88. The number of Topliss-reactive ketones (excluding diaryl/α,β-unsaturated/α-hetero) is 1. The zero-order valence-electron chi connectivity index (χ0n) is 18.0. The first kappa shape index (κ1) is 23.3. The topological polar surface area (TPSA) is 76.1 Å². The summed E-state index contributed by atoms with van der Waals surface area (Å²) < 4.78 is 11.2. The Bertz CT molecular complexity index is 1250. The maximum atomic E-state index is 13.5. The Morgan fingerprint density at radius 1 is 1.06 bits per heavy atom. The van der Waals surface area contributed by atoms with E-state index in [-0.39, 0.29) is 6.54 Å². The van der Waals surface area contributed by atoms with Crippen LogP contribution < -0.4 is 14.4 Å². The van der Waals surface area contributed by atoms with E-state index < -0.39 is 23.7 Å². The average molecular weight is 531 g/mol. The number of nitrogens with zero attached hydrogens (tertiary/aromatic N) is 1. The first-order valence-electron chi connectivity index (χ1n) is 10.1. The van der Waals surface area contributed by atoms with Crippen LogP contribution in [-0.2, 0) is 16.9 Å². The maximum absolute atomic E-state index is 13.5. The molecule has 6 nitrogen and oxygen atoms in total. The second kappa shape index (κ2) is 9.17. The monoisotopic (exact) mass is 529 g/mol. The summed E-state index contributed by atoms with van der Waals surface area (Å²) in [6.45, 7) is 0.167. The number of hydrogen-bond acceptors (Lipinski definition) is 5. The van der Waals surface area contributed by atoms with E-state index in [4.69, 9.17) is 21.1 Å². The number of ether oxygens (including phenoxy) is 2. The van der Waals surface area contributed by atoms with Gasteiger partial charge < -0.3 is 19.5 Å². The molecule has 1 heterocycles. The molecule has 0 saturated heterocycles. The minimum absolute atomic E-state index is 0.167. The van der Waals surface area contributed by atoms with Crippen LogP contribution in [0.5, 0.6) is 11.5 Å². The molecular weight excluding hydrogens is 510 g/mol. The molecule has 1 N–H and O–H groups in total. The summed E-state index contributed by atoms with van der Waals surface area (Å²) >= 11 is 9.71. The van der Waals surface area contributed by atoms with Gasteiger partial charge in [0.1, 0.15) is 0 Å². The smallest absolute Gasteiger partial charge is 0.264 e. The highest BCUT2D eigenvalue weighted by Gasteiger charge is 2.51. The number of benzene rings is 3. The lowest BCUT2D eigenvalue weighted by Crippen LogP contribution is -2.41. The van der Waals surface area contributed by atoms with Gasteiger partial charge in [-0.2, -0.15) is 0 Å². The molecule has 3 aromatic carbocycles. The van der Waals surface area contributed by atoms with Crippen molar-refractivity contribution in [2.24, 2.45) is 0 Å². The molecule has 4 rings (SSSR count). The van der Waals surface area contributed by atoms with Gasteiger partial charge in [0.05, 0.1) is 32.9 Å². The number of anilines is 1. The lowest BCUT2D eigenvalue weighted by molar-refractivity contribution is -0.136. The Kier molecular flexibility index (Phi) is 6.47. The second-order valence-corrected chi connectivity index (χ2v) is 9.00. The summed E-state index contributed by atoms with van der Waals surface area (Å²) in [6, 6.07) is 17.1. The average Bonchev–Trinajstić information content (AvgIpc) is 3.01. The standard InChI is InChI=1S/C25H21BrClNO5/c1-32-22-10-7-15(11-23(22)33-2)21(29)13-25(31)18-12-17(26)8-9-20(18)28(24(25)30)14-16-5-3-4-6-19(16)27/h3-12,31H,13-14H2,1-2H3/t25-/m0/s1. The van der Waals surface area contributed by atoms with E-state index in [1.54, 1.807) is 42.5 Å². The predicted molar refractivity (Wildman–Crippen MR) is 129 cm³/mol. The molecule has 0 unspecified atom stereocenters. The minimum Gasteiger partial charge on any atom is -0.493 e. The molecular formula is C25H21BrClNO5. The molecule has 0 fully saturated rings. The van der Waals surface area contributed by atoms with Gasteiger partial charge in [-0.1, -0.05) is 45.7 Å². The number of ketones is 1. The largest absolute Gasteiger partial charge is 0.493 e. The number of halogens is 2. The third-order valence-corrected chi connectivity index (χ3v) is 6.56. The third kappa shape index (κ3) is 4.24. The SMILES string of the molecule is COc1ccc(C(=O)C[C@@]2(O)C(=O)N(Cc3ccccc3Cl)c3ccc(Br)cc32)cc1OC. The van der Waals surface area contributed by atoms with Crippen molar-refractivity contribution in [2.45, 2.75) is 18.6 Å². The van der Waals surface area contributed by atoms with Gasteiger partial charge in [-0.15, -0.1) is 0 Å². The molecule has 1 aliphatic heterocycles. The zero-order valence-corrected chi connectivity index (χ0v) is 20.3. The molecule has 0 saturated carbocycles. The first-order chi connectivity index (χ1) is 15.8. The third-order valence-electron chi connectivity index (χ3n) is 5.70. The summed E-state index contributed by atoms with van der Waals surface area (Å²) in [5.74, 6) is -0.122. The number of fused-ring (bicyclic) bond motifs is 1. The van der Waals surface area contributed by atoms with Crippen molar-refractivity contribution in [3.8, 4) is 11.5 Å². The Labute approximate surface area is 204 Å². The van der Waals surface area contributed by atoms with E-state index >= 15 is 0 Å². The van der Waals surface area contributed by atoms with Gasteiger partial charge in [0.2, 0.25) is 0 Å². The summed E-state index contributed by atoms with van der Waals surface area (Å²) in [5.41, 5.74) is -0.0924. The second-order valence-electron chi connectivity index (χ2n) is 7.67. The molecule has 1 aliphatic rings. The van der Waals surface area contributed by atoms with Crippen molar-refractivity contribution in [3.05, 3.63) is 86.8 Å². The molecule has 3 aromatic rings. The van der Waals surface area contributed by atoms with Crippen LogP contribution in [0.3, 0.4) is 0 Å². The summed E-state index contributed by atoms with van der Waals surface area (Å²) in [4.78, 5) is 28.2. The Morgan fingerprint density at radius 2 is 1.79 bits per heavy atom. The summed E-state index contributed by atoms with van der Waals surface area (Å²) in [6.07, 6.45) is -0.427. The van der Waals surface area contributed by atoms with Gasteiger partial charge in [0.15, 0.2) is 22.9 Å². The first-order valence-corrected chi connectivity index (χ1v) is 11.3. The van der Waals surface area contributed by atoms with E-state index in [2.05, 4.69) is 15.9 Å². The molecule has 1 atom stereocenters. The van der Waals surface area contributed by atoms with Gasteiger partial charge in [-0.3, -0.25) is 9.59 Å². The summed E-state index contributed by atoms with van der Waals surface area (Å²) in [7, 11) is 2.97. The van der Waals surface area contributed by atoms with E-state index in [1.807, 2.05) is 12.1 Å². The normalized spacial score (nSPS) is 17.1. The highest BCUT2D eigenvalue weighted by atomic mass is 79.9. The van der Waals surface area contributed by atoms with Crippen LogP contribution in [0, 0.1) is 0 Å². The van der Waals surface area contributed by atoms with E-state index in [0.717, 1.165) is 5.56 Å². The van der Waals surface area contributed by atoms with Gasteiger partial charge in [0.25, 0.3) is 5.91 Å². The number of amides is 1. The van der Waals surface area contributed by atoms with Crippen molar-refractivity contribution in [3.63, 3.8) is 0 Å². The van der Waals surface area contributed by atoms with Crippen molar-refractivity contribution >= 4 is 44.9 Å². The van der Waals surface area contributed by atoms with Crippen LogP contribution in [-0.4, -0.2) is 31.0 Å². The highest BCUT2D eigenvalue weighted by Crippen LogP contribution is 2.45. The van der Waals surface area contributed by atoms with Crippen LogP contribution in [0.25, 0.3) is 0 Å². The molecule has 170 valence electrons. The molecule has 0 bridgehead atoms. The highest BCUT2D eigenvalue weighted by molar-refractivity contribution is 9.10. The van der Waals surface area contributed by atoms with E-state index in [1.165, 1.54) is 25.2 Å². The van der Waals surface area contributed by atoms with E-state index in [9.17, 15) is 14.7 Å². The van der Waals surface area contributed by atoms with Gasteiger partial charge in [0, 0.05) is 20.6 Å². The number of aliphatic hydroxyl groups is 1. The molecule has 0 aromatic heterocycles. The minimum atomic E-state index is -2.02. The fourth-order valence-electron chi connectivity index (χ4n) is 3.99. The molecule has 0 spiro atoms. The Morgan fingerprint density at radius 3 is 2.48 bits per heavy atom. The molecule has 33 heavy (non-hydrogen) atoms. The lowest BCUT2D eigenvalue weighted by Gasteiger charge is -2.23. The zero-order chi connectivity index (χ0) is 23.8. The predicted octanol–water partition coefficient (Wildman–Crippen LogP) is 5.13. The van der Waals surface area contributed by atoms with E-state index in [0.29, 0.717) is 37.8 Å². The van der Waals surface area contributed by atoms with Crippen LogP contribution in [0.2, 0.25) is 5.02 Å². The number of carbonyl (C=O) groups excluding carboxylic acids is 2. The van der Waals surface area contributed by atoms with Crippen molar-refractivity contribution in [1.29, 1.82) is 0 Å². The van der Waals surface area contributed by atoms with Gasteiger partial charge in [-0.25, -0.2) is 0 Å². The van der Waals surface area contributed by atoms with Crippen LogP contribution in [0.4, 0.5) is 5.69 Å². The van der Waals surface area contributed by atoms with Crippen molar-refractivity contribution in [2.75, 3.05) is 19.1 Å². The van der Waals surface area contributed by atoms with Gasteiger partial charge in [-0.05, 0) is 48.0 Å². The Balaban J connectivity index is 1.70. The molecule has 0 aliphatic carbocycles. The van der Waals surface area contributed by atoms with Crippen molar-refractivity contribution in [1.82, 2.24) is 0 Å². The van der Waals surface area contributed by atoms with Crippen LogP contribution >= 0.6 is 27.5 Å². The van der Waals surface area contributed by atoms with Crippen LogP contribution in [0.1, 0.15) is 27.9 Å². The van der Waals surface area contributed by atoms with Crippen LogP contribution in [0.15, 0.2) is 65.1 Å². The maximum Gasteiger partial charge on any atom is 0.264 e. The molecule has 1 amide bonds. The van der Waals surface area contributed by atoms with Crippen molar-refractivity contribution < 1.29 is 24.2 Å². The number of methoxy groups -OCH3 is 2. The quantitative estimate of drug-likeness (QED) is 0.429. The molecule has 0 radical (unpaired) electrons. The fourth-order valence-corrected chi connectivity index (χ4v) is 4.55. The molecule has 8 heteroatoms.